The van der Waals surface area contributed by atoms with Gasteiger partial charge in [-0.1, -0.05) is 19.1 Å². The monoisotopic (exact) mass is 336 g/mol. The van der Waals surface area contributed by atoms with Crippen molar-refractivity contribution in [3.05, 3.63) is 47.5 Å². The number of ether oxygens (including phenoxy) is 1. The fourth-order valence-corrected chi connectivity index (χ4v) is 2.98. The van der Waals surface area contributed by atoms with Crippen LogP contribution in [-0.2, 0) is 6.42 Å². The Hall–Kier alpha value is -1.95. The van der Waals surface area contributed by atoms with Crippen LogP contribution in [0, 0.1) is 11.7 Å². The first-order chi connectivity index (χ1) is 11.6. The molecule has 24 heavy (non-hydrogen) atoms. The lowest BCUT2D eigenvalue weighted by Gasteiger charge is -2.30. The topological polar surface area (TPSA) is 47.3 Å². The Morgan fingerprint density at radius 2 is 2.29 bits per heavy atom. The molecule has 0 spiro atoms. The Bertz CT molecular complexity index is 662. The number of piperidine rings is 1. The quantitative estimate of drug-likeness (QED) is 0.871. The fraction of sp³-hybridized carbons (Fsp3) is 0.500. The summed E-state index contributed by atoms with van der Waals surface area (Å²) in [6.07, 6.45) is 2.06. The SMILES string of the molecule is CC(CF)Cc1cc(OC2CCNC(c3cccc(F)c3)C2)no1. The summed E-state index contributed by atoms with van der Waals surface area (Å²) in [6, 6.07) is 8.40. The van der Waals surface area contributed by atoms with Gasteiger partial charge in [0.25, 0.3) is 5.88 Å². The van der Waals surface area contributed by atoms with E-state index >= 15 is 0 Å². The van der Waals surface area contributed by atoms with E-state index in [9.17, 15) is 8.78 Å². The number of hydrogen-bond donors (Lipinski definition) is 1. The zero-order valence-electron chi connectivity index (χ0n) is 13.7. The molecule has 1 fully saturated rings. The van der Waals surface area contributed by atoms with Gasteiger partial charge in [-0.05, 0) is 41.7 Å². The van der Waals surface area contributed by atoms with Crippen molar-refractivity contribution in [3.8, 4) is 5.88 Å². The van der Waals surface area contributed by atoms with E-state index in [1.807, 2.05) is 13.0 Å². The third-order valence-corrected chi connectivity index (χ3v) is 4.24. The van der Waals surface area contributed by atoms with E-state index in [1.54, 1.807) is 18.2 Å². The number of alkyl halides is 1. The molecule has 130 valence electrons. The van der Waals surface area contributed by atoms with Crippen LogP contribution in [0.25, 0.3) is 0 Å². The summed E-state index contributed by atoms with van der Waals surface area (Å²) in [7, 11) is 0. The van der Waals surface area contributed by atoms with Crippen LogP contribution in [-0.4, -0.2) is 24.5 Å². The van der Waals surface area contributed by atoms with E-state index in [4.69, 9.17) is 9.26 Å². The second-order valence-electron chi connectivity index (χ2n) is 6.42. The molecule has 1 aliphatic heterocycles. The smallest absolute Gasteiger partial charge is 0.254 e. The lowest BCUT2D eigenvalue weighted by molar-refractivity contribution is 0.128. The maximum atomic E-state index is 13.4. The number of halogens is 2. The van der Waals surface area contributed by atoms with Crippen LogP contribution < -0.4 is 10.1 Å². The molecule has 6 heteroatoms. The first-order valence-electron chi connectivity index (χ1n) is 8.31. The molecule has 0 saturated carbocycles. The molecule has 1 N–H and O–H groups in total. The van der Waals surface area contributed by atoms with Crippen LogP contribution >= 0.6 is 0 Å². The molecule has 1 aliphatic rings. The average Bonchev–Trinajstić information content (AvgIpc) is 3.02. The van der Waals surface area contributed by atoms with Gasteiger partial charge in [-0.25, -0.2) is 4.39 Å². The number of nitrogens with one attached hydrogen (secondary N) is 1. The van der Waals surface area contributed by atoms with Crippen molar-refractivity contribution in [1.82, 2.24) is 10.5 Å². The molecule has 0 bridgehead atoms. The molecule has 0 amide bonds. The Labute approximate surface area is 140 Å². The normalized spacial score (nSPS) is 22.3. The van der Waals surface area contributed by atoms with E-state index in [0.29, 0.717) is 18.1 Å². The second kappa shape index (κ2) is 7.75. The zero-order valence-corrected chi connectivity index (χ0v) is 13.7. The fourth-order valence-electron chi connectivity index (χ4n) is 2.98. The predicted octanol–water partition coefficient (Wildman–Crippen LogP) is 3.83. The number of nitrogens with zero attached hydrogens (tertiary/aromatic N) is 1. The summed E-state index contributed by atoms with van der Waals surface area (Å²) in [4.78, 5) is 0. The largest absolute Gasteiger partial charge is 0.472 e. The van der Waals surface area contributed by atoms with Gasteiger partial charge in [0.2, 0.25) is 0 Å². The maximum absolute atomic E-state index is 13.4. The number of aromatic nitrogens is 1. The van der Waals surface area contributed by atoms with Crippen molar-refractivity contribution in [2.24, 2.45) is 5.92 Å². The molecule has 4 nitrogen and oxygen atoms in total. The summed E-state index contributed by atoms with van der Waals surface area (Å²) in [5.41, 5.74) is 0.918. The summed E-state index contributed by atoms with van der Waals surface area (Å²) in [5.74, 6) is 0.731. The van der Waals surface area contributed by atoms with Gasteiger partial charge in [0.1, 0.15) is 17.7 Å². The molecule has 0 radical (unpaired) electrons. The van der Waals surface area contributed by atoms with Gasteiger partial charge in [0, 0.05) is 24.9 Å². The zero-order chi connectivity index (χ0) is 16.9. The minimum absolute atomic E-state index is 0.0175. The van der Waals surface area contributed by atoms with Crippen LogP contribution in [0.1, 0.15) is 37.1 Å². The van der Waals surface area contributed by atoms with Crippen LogP contribution in [0.15, 0.2) is 34.9 Å². The lowest BCUT2D eigenvalue weighted by atomic mass is 9.95. The Morgan fingerprint density at radius 3 is 3.08 bits per heavy atom. The molecular weight excluding hydrogens is 314 g/mol. The van der Waals surface area contributed by atoms with Crippen LogP contribution in [0.2, 0.25) is 0 Å². The molecule has 3 unspecified atom stereocenters. The van der Waals surface area contributed by atoms with E-state index in [1.165, 1.54) is 6.07 Å². The summed E-state index contributed by atoms with van der Waals surface area (Å²) < 4.78 is 37.1. The second-order valence-corrected chi connectivity index (χ2v) is 6.42. The van der Waals surface area contributed by atoms with Crippen molar-refractivity contribution in [2.45, 2.75) is 38.3 Å². The van der Waals surface area contributed by atoms with Gasteiger partial charge in [-0.2, -0.15) is 0 Å². The highest BCUT2D eigenvalue weighted by atomic mass is 19.1. The highest BCUT2D eigenvalue weighted by Gasteiger charge is 2.25. The molecule has 2 heterocycles. The Kier molecular flexibility index (Phi) is 5.45. The molecule has 1 saturated heterocycles. The van der Waals surface area contributed by atoms with Crippen LogP contribution in [0.3, 0.4) is 0 Å². The number of rotatable bonds is 6. The number of benzene rings is 1. The summed E-state index contributed by atoms with van der Waals surface area (Å²) in [6.45, 7) is 2.22. The highest BCUT2D eigenvalue weighted by Crippen LogP contribution is 2.27. The Morgan fingerprint density at radius 1 is 1.42 bits per heavy atom. The van der Waals surface area contributed by atoms with E-state index in [-0.39, 0.29) is 30.6 Å². The molecule has 0 aliphatic carbocycles. The van der Waals surface area contributed by atoms with Crippen LogP contribution in [0.4, 0.5) is 8.78 Å². The standard InChI is InChI=1S/C18H22F2N2O2/c1-12(11-19)7-16-10-18(22-24-16)23-15-5-6-21-17(9-15)13-3-2-4-14(20)8-13/h2-4,8,10,12,15,17,21H,5-7,9,11H2,1H3. The van der Waals surface area contributed by atoms with Crippen LogP contribution in [0.5, 0.6) is 5.88 Å². The van der Waals surface area contributed by atoms with Crippen molar-refractivity contribution in [1.29, 1.82) is 0 Å². The van der Waals surface area contributed by atoms with E-state index < -0.39 is 0 Å². The van der Waals surface area contributed by atoms with Crippen molar-refractivity contribution in [3.63, 3.8) is 0 Å². The molecule has 1 aromatic heterocycles. The Balaban J connectivity index is 1.59. The van der Waals surface area contributed by atoms with Gasteiger partial charge in [-0.3, -0.25) is 4.39 Å². The van der Waals surface area contributed by atoms with Gasteiger partial charge in [0.15, 0.2) is 0 Å². The third-order valence-electron chi connectivity index (χ3n) is 4.24. The maximum Gasteiger partial charge on any atom is 0.254 e. The highest BCUT2D eigenvalue weighted by molar-refractivity contribution is 5.21. The molecule has 1 aromatic carbocycles. The van der Waals surface area contributed by atoms with Crippen molar-refractivity contribution >= 4 is 0 Å². The minimum Gasteiger partial charge on any atom is -0.472 e. The summed E-state index contributed by atoms with van der Waals surface area (Å²) >= 11 is 0. The van der Waals surface area contributed by atoms with Gasteiger partial charge in [0.05, 0.1) is 6.67 Å². The summed E-state index contributed by atoms with van der Waals surface area (Å²) in [5, 5.41) is 7.29. The number of hydrogen-bond acceptors (Lipinski definition) is 4. The lowest BCUT2D eigenvalue weighted by Crippen LogP contribution is -2.37. The first kappa shape index (κ1) is 16.9. The molecule has 2 aromatic rings. The molecule has 3 atom stereocenters. The van der Waals surface area contributed by atoms with E-state index in [2.05, 4.69) is 10.5 Å². The van der Waals surface area contributed by atoms with Gasteiger partial charge >= 0.3 is 0 Å². The third kappa shape index (κ3) is 4.32. The average molecular weight is 336 g/mol. The van der Waals surface area contributed by atoms with Gasteiger partial charge < -0.3 is 14.6 Å². The van der Waals surface area contributed by atoms with E-state index in [0.717, 1.165) is 24.9 Å². The molecular formula is C18H22F2N2O2. The minimum atomic E-state index is -0.388. The van der Waals surface area contributed by atoms with Gasteiger partial charge in [-0.15, -0.1) is 0 Å². The van der Waals surface area contributed by atoms with Crippen molar-refractivity contribution in [2.75, 3.05) is 13.2 Å². The predicted molar refractivity (Wildman–Crippen MR) is 86.1 cm³/mol. The van der Waals surface area contributed by atoms with Crippen molar-refractivity contribution < 1.29 is 18.0 Å². The first-order valence-corrected chi connectivity index (χ1v) is 8.31. The molecule has 3 rings (SSSR count).